The SMILES string of the molecule is C.C.C.C.C[C@H](NC(=O)C(O)c1cc(F)cc(F)c1)C(=O)N[C@H](C(=O)NCCOCCN)c1ccccc1.C[C@H](NC(=O)C(O)c1cc(F)cc(F)c1)C(=O)N[C@H](C(=O)NCCOCCNC(=O)OC(C)(C)C)c1ccccc1.Cl. The van der Waals surface area contributed by atoms with Crippen molar-refractivity contribution in [3.8, 4) is 0 Å². The molecule has 4 rings (SSSR count). The normalized spacial score (nSPS) is 12.6. The number of ether oxygens (including phenoxy) is 3. The summed E-state index contributed by atoms with van der Waals surface area (Å²) in [5, 5.41) is 37.8. The zero-order valence-corrected chi connectivity index (χ0v) is 43.1. The smallest absolute Gasteiger partial charge is 0.407 e. The maximum Gasteiger partial charge on any atom is 0.407 e. The van der Waals surface area contributed by atoms with Crippen LogP contribution < -0.4 is 43.0 Å². The molecule has 6 atom stereocenters. The van der Waals surface area contributed by atoms with Crippen LogP contribution in [0.2, 0.25) is 0 Å². The third kappa shape index (κ3) is 28.1. The van der Waals surface area contributed by atoms with Crippen LogP contribution in [0.25, 0.3) is 0 Å². The van der Waals surface area contributed by atoms with Crippen LogP contribution in [-0.2, 0) is 43.0 Å². The predicted octanol–water partition coefficient (Wildman–Crippen LogP) is 5.44. The molecule has 80 heavy (non-hydrogen) atoms. The minimum atomic E-state index is -1.93. The van der Waals surface area contributed by atoms with Gasteiger partial charge < -0.3 is 67.4 Å². The molecule has 20 nitrogen and oxygen atoms in total. The highest BCUT2D eigenvalue weighted by atomic mass is 35.5. The van der Waals surface area contributed by atoms with Crippen LogP contribution in [0.3, 0.4) is 0 Å². The number of carbonyl (C=O) groups is 7. The Bertz CT molecular complexity index is 2480. The lowest BCUT2D eigenvalue weighted by Gasteiger charge is -2.22. The Morgan fingerprint density at radius 3 is 1.14 bits per heavy atom. The first kappa shape index (κ1) is 77.0. The number of carbonyl (C=O) groups excluding carboxylic acids is 7. The summed E-state index contributed by atoms with van der Waals surface area (Å²) in [5.41, 5.74) is 5.07. The molecule has 448 valence electrons. The molecular formula is C55H81ClF4N8O12. The topological polar surface area (TPSA) is 298 Å². The molecule has 0 saturated heterocycles. The molecule has 0 aliphatic carbocycles. The van der Waals surface area contributed by atoms with E-state index < -0.39 is 107 Å². The fourth-order valence-corrected chi connectivity index (χ4v) is 6.43. The van der Waals surface area contributed by atoms with Crippen LogP contribution in [0.15, 0.2) is 97.1 Å². The molecule has 4 aromatic rings. The van der Waals surface area contributed by atoms with E-state index in [1.54, 1.807) is 81.4 Å². The molecule has 0 aromatic heterocycles. The van der Waals surface area contributed by atoms with Gasteiger partial charge in [-0.2, -0.15) is 0 Å². The minimum Gasteiger partial charge on any atom is -0.444 e. The first-order valence-corrected chi connectivity index (χ1v) is 23.5. The predicted molar refractivity (Wildman–Crippen MR) is 298 cm³/mol. The van der Waals surface area contributed by atoms with E-state index in [0.29, 0.717) is 36.4 Å². The summed E-state index contributed by atoms with van der Waals surface area (Å²) >= 11 is 0. The van der Waals surface area contributed by atoms with Crippen LogP contribution in [0.1, 0.15) is 111 Å². The lowest BCUT2D eigenvalue weighted by atomic mass is 10.1. The van der Waals surface area contributed by atoms with Gasteiger partial charge in [0.1, 0.15) is 53.0 Å². The monoisotopic (exact) mass is 1160 g/mol. The third-order valence-corrected chi connectivity index (χ3v) is 10.0. The van der Waals surface area contributed by atoms with Gasteiger partial charge in [0.2, 0.25) is 23.6 Å². The highest BCUT2D eigenvalue weighted by Crippen LogP contribution is 2.20. The molecule has 0 spiro atoms. The zero-order valence-electron chi connectivity index (χ0n) is 42.3. The summed E-state index contributed by atoms with van der Waals surface area (Å²) in [6.07, 6.45) is -4.40. The summed E-state index contributed by atoms with van der Waals surface area (Å²) in [5.74, 6) is -8.47. The number of aliphatic hydroxyl groups excluding tert-OH is 2. The van der Waals surface area contributed by atoms with Crippen molar-refractivity contribution in [2.75, 3.05) is 52.6 Å². The minimum absolute atomic E-state index is 0. The van der Waals surface area contributed by atoms with Crippen molar-refractivity contribution >= 4 is 53.9 Å². The first-order valence-electron chi connectivity index (χ1n) is 23.5. The van der Waals surface area contributed by atoms with Gasteiger partial charge in [-0.25, -0.2) is 22.4 Å². The van der Waals surface area contributed by atoms with Crippen molar-refractivity contribution in [3.05, 3.63) is 143 Å². The van der Waals surface area contributed by atoms with Crippen molar-refractivity contribution < 1.29 is 75.5 Å². The lowest BCUT2D eigenvalue weighted by molar-refractivity contribution is -0.135. The van der Waals surface area contributed by atoms with E-state index >= 15 is 0 Å². The summed E-state index contributed by atoms with van der Waals surface area (Å²) in [6.45, 7) is 9.65. The van der Waals surface area contributed by atoms with E-state index in [9.17, 15) is 61.3 Å². The van der Waals surface area contributed by atoms with Gasteiger partial charge in [0.25, 0.3) is 11.8 Å². The van der Waals surface area contributed by atoms with Crippen LogP contribution >= 0.6 is 12.4 Å². The molecule has 11 N–H and O–H groups in total. The number of nitrogens with one attached hydrogen (secondary N) is 7. The summed E-state index contributed by atoms with van der Waals surface area (Å²) in [7, 11) is 0. The van der Waals surface area contributed by atoms with Gasteiger partial charge in [0, 0.05) is 38.3 Å². The van der Waals surface area contributed by atoms with Crippen LogP contribution in [0.4, 0.5) is 22.4 Å². The number of aliphatic hydroxyl groups is 2. The molecule has 4 aromatic carbocycles. The highest BCUT2D eigenvalue weighted by molar-refractivity contribution is 5.94. The zero-order chi connectivity index (χ0) is 55.7. The van der Waals surface area contributed by atoms with Gasteiger partial charge in [-0.15, -0.1) is 12.4 Å². The number of hydrogen-bond acceptors (Lipinski definition) is 13. The summed E-state index contributed by atoms with van der Waals surface area (Å²) in [6, 6.07) is 16.7. The molecule has 0 aliphatic rings. The third-order valence-electron chi connectivity index (χ3n) is 10.0. The van der Waals surface area contributed by atoms with E-state index in [2.05, 4.69) is 37.2 Å². The van der Waals surface area contributed by atoms with Gasteiger partial charge in [0.15, 0.2) is 12.2 Å². The Hall–Kier alpha value is -7.22. The molecule has 25 heteroatoms. The number of hydrogen-bond donors (Lipinski definition) is 10. The van der Waals surface area contributed by atoms with E-state index in [0.717, 1.165) is 24.3 Å². The second-order valence-corrected chi connectivity index (χ2v) is 17.4. The molecular weight excluding hydrogens is 1080 g/mol. The number of halogens is 5. The molecule has 0 saturated carbocycles. The number of amides is 7. The van der Waals surface area contributed by atoms with Crippen molar-refractivity contribution in [2.45, 2.75) is 106 Å². The van der Waals surface area contributed by atoms with E-state index in [1.165, 1.54) is 13.8 Å². The number of nitrogens with two attached hydrogens (primary N) is 1. The molecule has 0 aliphatic heterocycles. The number of benzene rings is 4. The van der Waals surface area contributed by atoms with Gasteiger partial charge >= 0.3 is 6.09 Å². The molecule has 0 fully saturated rings. The number of rotatable bonds is 25. The van der Waals surface area contributed by atoms with Crippen molar-refractivity contribution in [1.82, 2.24) is 37.2 Å². The van der Waals surface area contributed by atoms with Crippen molar-refractivity contribution in [3.63, 3.8) is 0 Å². The van der Waals surface area contributed by atoms with Crippen LogP contribution in [0.5, 0.6) is 0 Å². The van der Waals surface area contributed by atoms with Crippen LogP contribution in [0, 0.1) is 23.3 Å². The molecule has 0 radical (unpaired) electrons. The Labute approximate surface area is 472 Å². The second-order valence-electron chi connectivity index (χ2n) is 17.4. The Morgan fingerprint density at radius 2 is 0.812 bits per heavy atom. The molecule has 0 bridgehead atoms. The van der Waals surface area contributed by atoms with E-state index in [4.69, 9.17) is 19.9 Å². The fourth-order valence-electron chi connectivity index (χ4n) is 6.43. The van der Waals surface area contributed by atoms with Gasteiger partial charge in [-0.3, -0.25) is 28.8 Å². The maximum atomic E-state index is 13.5. The Balaban J connectivity index is -0.00000142. The van der Waals surface area contributed by atoms with Gasteiger partial charge in [-0.05, 0) is 81.1 Å². The summed E-state index contributed by atoms with van der Waals surface area (Å²) < 4.78 is 69.4. The maximum absolute atomic E-state index is 13.5. The summed E-state index contributed by atoms with van der Waals surface area (Å²) in [4.78, 5) is 87.5. The Morgan fingerprint density at radius 1 is 0.487 bits per heavy atom. The first-order chi connectivity index (χ1) is 35.5. The Kier molecular flexibility index (Phi) is 37.7. The standard InChI is InChI=1S/C28H36F2N4O7.C23H28F2N4O5.4CH4.ClH/c1-17(33-26(38)23(35)19-14-20(29)16-21(30)15-19)24(36)34-22(18-8-6-5-7-9-18)25(37)31-10-12-40-13-11-32-27(39)41-28(2,3)4;1-14(28-23(33)20(30)16-11-17(24)13-18(25)12-16)21(31)29-19(15-5-3-2-4-6-15)22(32)27-8-10-34-9-7-26;;;;;/h5-9,14-17,22-23,35H,10-13H2,1-4H3,(H,31,37)(H,32,39)(H,33,38)(H,34,36);2-6,11-14,19-20,30H,7-10,26H2,1H3,(H,27,32)(H,28,33)(H,29,31);4*1H4;1H/t17-,22-,23?;14-,19-,20?;;;;;/m00...../s1. The molecule has 2 unspecified atom stereocenters. The fraction of sp³-hybridized carbons (Fsp3) is 0.436. The van der Waals surface area contributed by atoms with Crippen molar-refractivity contribution in [1.29, 1.82) is 0 Å². The van der Waals surface area contributed by atoms with E-state index in [-0.39, 0.29) is 92.7 Å². The molecule has 7 amide bonds. The van der Waals surface area contributed by atoms with Gasteiger partial charge in [-0.1, -0.05) is 90.4 Å². The molecule has 0 heterocycles. The van der Waals surface area contributed by atoms with Crippen molar-refractivity contribution in [2.24, 2.45) is 5.73 Å². The second kappa shape index (κ2) is 39.2. The van der Waals surface area contributed by atoms with Gasteiger partial charge in [0.05, 0.1) is 26.4 Å². The van der Waals surface area contributed by atoms with E-state index in [1.807, 2.05) is 0 Å². The van der Waals surface area contributed by atoms with Crippen LogP contribution in [-0.4, -0.2) is 122 Å². The average molecular weight is 1160 g/mol. The number of alkyl carbamates (subject to hydrolysis) is 1. The highest BCUT2D eigenvalue weighted by Gasteiger charge is 2.30. The average Bonchev–Trinajstić information content (AvgIpc) is 3.35. The largest absolute Gasteiger partial charge is 0.444 e. The lowest BCUT2D eigenvalue weighted by Crippen LogP contribution is -2.50. The quantitative estimate of drug-likeness (QED) is 0.0293.